The molecule has 1 unspecified atom stereocenters. The number of ether oxygens (including phenoxy) is 1. The van der Waals surface area contributed by atoms with Gasteiger partial charge in [-0.25, -0.2) is 0 Å². The van der Waals surface area contributed by atoms with Crippen molar-refractivity contribution >= 4 is 5.97 Å². The molecule has 1 atom stereocenters. The minimum absolute atomic E-state index is 0.192. The van der Waals surface area contributed by atoms with Gasteiger partial charge in [-0.2, -0.15) is 0 Å². The quantitative estimate of drug-likeness (QED) is 0.409. The second-order valence-corrected chi connectivity index (χ2v) is 2.32. The molecule has 2 heteroatoms. The molecule has 0 amide bonds. The molecule has 0 N–H and O–H groups in total. The number of carbonyl (C=O) groups excluding carboxylic acids is 1. The van der Waals surface area contributed by atoms with Crippen LogP contribution in [0.5, 0.6) is 0 Å². The summed E-state index contributed by atoms with van der Waals surface area (Å²) in [5, 5.41) is 0. The topological polar surface area (TPSA) is 26.3 Å². The SMILES string of the molecule is CC(=O)OCC1C=C1C. The van der Waals surface area contributed by atoms with Gasteiger partial charge in [-0.15, -0.1) is 0 Å². The molecule has 0 aromatic rings. The zero-order valence-electron chi connectivity index (χ0n) is 5.68. The highest BCUT2D eigenvalue weighted by molar-refractivity contribution is 5.66. The largest absolute Gasteiger partial charge is 0.465 e. The van der Waals surface area contributed by atoms with E-state index in [1.807, 2.05) is 6.92 Å². The van der Waals surface area contributed by atoms with Gasteiger partial charge in [-0.1, -0.05) is 11.6 Å². The number of carbonyl (C=O) groups is 1. The van der Waals surface area contributed by atoms with Crippen LogP contribution in [0.25, 0.3) is 0 Å². The average Bonchev–Trinajstić information content (AvgIpc) is 2.42. The zero-order valence-corrected chi connectivity index (χ0v) is 5.68. The van der Waals surface area contributed by atoms with Crippen LogP contribution in [0.2, 0.25) is 0 Å². The first-order valence-electron chi connectivity index (χ1n) is 3.02. The van der Waals surface area contributed by atoms with Crippen molar-refractivity contribution in [3.8, 4) is 0 Å². The maximum absolute atomic E-state index is 10.2. The van der Waals surface area contributed by atoms with Crippen molar-refractivity contribution in [3.63, 3.8) is 0 Å². The molecule has 0 aromatic carbocycles. The fraction of sp³-hybridized carbons (Fsp3) is 0.571. The lowest BCUT2D eigenvalue weighted by atomic mass is 10.3. The van der Waals surface area contributed by atoms with Crippen molar-refractivity contribution in [1.82, 2.24) is 0 Å². The third-order valence-electron chi connectivity index (χ3n) is 1.41. The van der Waals surface area contributed by atoms with Crippen LogP contribution in [-0.4, -0.2) is 12.6 Å². The smallest absolute Gasteiger partial charge is 0.302 e. The van der Waals surface area contributed by atoms with Crippen LogP contribution >= 0.6 is 0 Å². The predicted octanol–water partition coefficient (Wildman–Crippen LogP) is 1.13. The van der Waals surface area contributed by atoms with Crippen molar-refractivity contribution in [2.75, 3.05) is 6.61 Å². The molecule has 9 heavy (non-hydrogen) atoms. The van der Waals surface area contributed by atoms with E-state index in [9.17, 15) is 4.79 Å². The van der Waals surface area contributed by atoms with E-state index in [0.29, 0.717) is 12.5 Å². The summed E-state index contributed by atoms with van der Waals surface area (Å²) in [5.41, 5.74) is 1.33. The third-order valence-corrected chi connectivity index (χ3v) is 1.41. The Morgan fingerprint density at radius 1 is 1.89 bits per heavy atom. The van der Waals surface area contributed by atoms with E-state index in [2.05, 4.69) is 6.08 Å². The van der Waals surface area contributed by atoms with Gasteiger partial charge >= 0.3 is 5.97 Å². The number of esters is 1. The van der Waals surface area contributed by atoms with Crippen molar-refractivity contribution in [2.24, 2.45) is 5.92 Å². The Morgan fingerprint density at radius 2 is 2.44 bits per heavy atom. The summed E-state index contributed by atoms with van der Waals surface area (Å²) in [4.78, 5) is 10.2. The molecule has 1 aliphatic rings. The number of hydrogen-bond acceptors (Lipinski definition) is 2. The Kier molecular flexibility index (Phi) is 1.56. The molecular weight excluding hydrogens is 116 g/mol. The average molecular weight is 126 g/mol. The summed E-state index contributed by atoms with van der Waals surface area (Å²) >= 11 is 0. The van der Waals surface area contributed by atoms with Crippen molar-refractivity contribution < 1.29 is 9.53 Å². The monoisotopic (exact) mass is 126 g/mol. The minimum atomic E-state index is -0.192. The second kappa shape index (κ2) is 2.21. The van der Waals surface area contributed by atoms with Crippen LogP contribution in [0.15, 0.2) is 11.6 Å². The molecule has 0 saturated carbocycles. The maximum atomic E-state index is 10.2. The Labute approximate surface area is 54.5 Å². The fourth-order valence-electron chi connectivity index (χ4n) is 0.656. The summed E-state index contributed by atoms with van der Waals surface area (Å²) in [6.07, 6.45) is 2.09. The third kappa shape index (κ3) is 1.88. The predicted molar refractivity (Wildman–Crippen MR) is 33.9 cm³/mol. The van der Waals surface area contributed by atoms with Gasteiger partial charge in [-0.05, 0) is 6.92 Å². The van der Waals surface area contributed by atoms with Gasteiger partial charge in [0.1, 0.15) is 6.61 Å². The normalized spacial score (nSPS) is 22.9. The summed E-state index contributed by atoms with van der Waals surface area (Å²) in [6, 6.07) is 0. The Morgan fingerprint density at radius 3 is 2.78 bits per heavy atom. The zero-order chi connectivity index (χ0) is 6.85. The second-order valence-electron chi connectivity index (χ2n) is 2.32. The van der Waals surface area contributed by atoms with Crippen LogP contribution in [-0.2, 0) is 9.53 Å². The van der Waals surface area contributed by atoms with E-state index in [4.69, 9.17) is 4.74 Å². The van der Waals surface area contributed by atoms with Crippen LogP contribution in [0, 0.1) is 5.92 Å². The van der Waals surface area contributed by atoms with Crippen LogP contribution < -0.4 is 0 Å². The van der Waals surface area contributed by atoms with Gasteiger partial charge < -0.3 is 4.74 Å². The Hall–Kier alpha value is -0.790. The first kappa shape index (κ1) is 6.33. The van der Waals surface area contributed by atoms with E-state index >= 15 is 0 Å². The van der Waals surface area contributed by atoms with E-state index in [-0.39, 0.29) is 5.97 Å². The highest BCUT2D eigenvalue weighted by Crippen LogP contribution is 2.27. The van der Waals surface area contributed by atoms with Gasteiger partial charge in [0.25, 0.3) is 0 Å². The molecule has 1 rings (SSSR count). The van der Waals surface area contributed by atoms with Gasteiger partial charge in [0, 0.05) is 12.8 Å². The van der Waals surface area contributed by atoms with E-state index < -0.39 is 0 Å². The summed E-state index contributed by atoms with van der Waals surface area (Å²) in [7, 11) is 0. The first-order valence-corrected chi connectivity index (χ1v) is 3.02. The molecular formula is C7H10O2. The highest BCUT2D eigenvalue weighted by Gasteiger charge is 2.20. The molecule has 2 nitrogen and oxygen atoms in total. The molecule has 0 heterocycles. The van der Waals surface area contributed by atoms with E-state index in [1.165, 1.54) is 12.5 Å². The summed E-state index contributed by atoms with van der Waals surface area (Å²) in [6.45, 7) is 4.01. The van der Waals surface area contributed by atoms with Gasteiger partial charge in [-0.3, -0.25) is 4.79 Å². The highest BCUT2D eigenvalue weighted by atomic mass is 16.5. The van der Waals surface area contributed by atoms with Gasteiger partial charge in [0.05, 0.1) is 0 Å². The molecule has 0 radical (unpaired) electrons. The first-order chi connectivity index (χ1) is 4.20. The summed E-state index contributed by atoms with van der Waals surface area (Å²) < 4.78 is 4.75. The fourth-order valence-corrected chi connectivity index (χ4v) is 0.656. The van der Waals surface area contributed by atoms with E-state index in [0.717, 1.165) is 0 Å². The lowest BCUT2D eigenvalue weighted by Crippen LogP contribution is -2.02. The molecule has 0 aromatic heterocycles. The lowest BCUT2D eigenvalue weighted by molar-refractivity contribution is -0.141. The minimum Gasteiger partial charge on any atom is -0.465 e. The van der Waals surface area contributed by atoms with Crippen molar-refractivity contribution in [1.29, 1.82) is 0 Å². The molecule has 0 bridgehead atoms. The molecule has 0 fully saturated rings. The van der Waals surface area contributed by atoms with Crippen molar-refractivity contribution in [3.05, 3.63) is 11.6 Å². The molecule has 1 aliphatic carbocycles. The van der Waals surface area contributed by atoms with Gasteiger partial charge in [0.15, 0.2) is 0 Å². The standard InChI is InChI=1S/C7H10O2/c1-5-3-7(5)4-9-6(2)8/h3,7H,4H2,1-2H3. The lowest BCUT2D eigenvalue weighted by Gasteiger charge is -1.97. The Balaban J connectivity index is 2.02. The van der Waals surface area contributed by atoms with Gasteiger partial charge in [0.2, 0.25) is 0 Å². The van der Waals surface area contributed by atoms with Crippen LogP contribution in [0.3, 0.4) is 0 Å². The Bertz CT molecular complexity index is 158. The van der Waals surface area contributed by atoms with Crippen LogP contribution in [0.4, 0.5) is 0 Å². The van der Waals surface area contributed by atoms with Crippen molar-refractivity contribution in [2.45, 2.75) is 13.8 Å². The maximum Gasteiger partial charge on any atom is 0.302 e. The molecule has 0 spiro atoms. The molecule has 0 saturated heterocycles. The molecule has 50 valence electrons. The number of rotatable bonds is 2. The van der Waals surface area contributed by atoms with Crippen LogP contribution in [0.1, 0.15) is 13.8 Å². The summed E-state index contributed by atoms with van der Waals surface area (Å²) in [5.74, 6) is 0.261. The molecule has 0 aliphatic heterocycles. The van der Waals surface area contributed by atoms with E-state index in [1.54, 1.807) is 0 Å². The number of hydrogen-bond donors (Lipinski definition) is 0.